The molecule has 254 valence electrons. The van der Waals surface area contributed by atoms with Crippen LogP contribution in [0.5, 0.6) is 5.88 Å². The number of rotatable bonds is 14. The van der Waals surface area contributed by atoms with Gasteiger partial charge in [0.15, 0.2) is 0 Å². The Balaban J connectivity index is 1.34. The highest BCUT2D eigenvalue weighted by atomic mass is 32.2. The first-order valence-corrected chi connectivity index (χ1v) is 17.6. The van der Waals surface area contributed by atoms with Crippen LogP contribution in [0.4, 0.5) is 5.95 Å². The van der Waals surface area contributed by atoms with Gasteiger partial charge in [-0.1, -0.05) is 75.4 Å². The van der Waals surface area contributed by atoms with Crippen molar-refractivity contribution in [3.8, 4) is 17.1 Å². The number of benzene rings is 3. The summed E-state index contributed by atoms with van der Waals surface area (Å²) in [7, 11) is -4.22. The molecule has 1 aliphatic rings. The highest BCUT2D eigenvalue weighted by molar-refractivity contribution is 7.92. The van der Waals surface area contributed by atoms with E-state index in [9.17, 15) is 18.3 Å². The molecule has 4 aromatic rings. The molecule has 5 rings (SSSR count). The molecule has 1 aliphatic carbocycles. The number of carbonyl (C=O) groups is 1. The second kappa shape index (κ2) is 14.8. The molecule has 3 N–H and O–H groups in total. The minimum atomic E-state index is -4.22. The van der Waals surface area contributed by atoms with Crippen molar-refractivity contribution in [2.45, 2.75) is 83.6 Å². The van der Waals surface area contributed by atoms with E-state index in [4.69, 9.17) is 9.47 Å². The Bertz CT molecular complexity index is 1820. The first kappa shape index (κ1) is 35.0. The lowest BCUT2D eigenvalue weighted by Crippen LogP contribution is -2.51. The van der Waals surface area contributed by atoms with Crippen molar-refractivity contribution in [1.82, 2.24) is 15.3 Å². The van der Waals surface area contributed by atoms with Crippen molar-refractivity contribution >= 4 is 21.9 Å². The molecule has 48 heavy (non-hydrogen) atoms. The summed E-state index contributed by atoms with van der Waals surface area (Å²) in [6.45, 7) is 11.4. The average Bonchev–Trinajstić information content (AvgIpc) is 3.00. The van der Waals surface area contributed by atoms with Crippen LogP contribution in [0.15, 0.2) is 83.8 Å². The molecule has 1 atom stereocenters. The molecule has 1 saturated carbocycles. The zero-order valence-electron chi connectivity index (χ0n) is 28.1. The fraction of sp³-hybridized carbons (Fsp3) is 0.378. The molecule has 3 aromatic carbocycles. The number of ether oxygens (including phenoxy) is 2. The number of carboxylic acids is 1. The maximum absolute atomic E-state index is 13.4. The van der Waals surface area contributed by atoms with E-state index >= 15 is 0 Å². The van der Waals surface area contributed by atoms with Gasteiger partial charge in [0.25, 0.3) is 10.0 Å². The molecule has 0 unspecified atom stereocenters. The zero-order valence-corrected chi connectivity index (χ0v) is 28.9. The number of anilines is 1. The topological polar surface area (TPSA) is 140 Å². The van der Waals surface area contributed by atoms with Crippen LogP contribution in [0.2, 0.25) is 0 Å². The normalized spacial score (nSPS) is 16.9. The van der Waals surface area contributed by atoms with Crippen molar-refractivity contribution in [2.24, 2.45) is 5.41 Å². The molecule has 0 aliphatic heterocycles. The van der Waals surface area contributed by atoms with Gasteiger partial charge < -0.3 is 19.9 Å². The molecule has 0 amide bonds. The maximum Gasteiger partial charge on any atom is 0.335 e. The van der Waals surface area contributed by atoms with Crippen LogP contribution in [-0.2, 0) is 21.4 Å². The summed E-state index contributed by atoms with van der Waals surface area (Å²) in [6, 6.07) is 23.2. The van der Waals surface area contributed by atoms with Crippen LogP contribution >= 0.6 is 0 Å². The van der Waals surface area contributed by atoms with Crippen LogP contribution in [0, 0.1) is 19.3 Å². The molecule has 1 heterocycles. The number of hydrogen-bond donors (Lipinski definition) is 3. The number of aromatic carboxylic acids is 1. The van der Waals surface area contributed by atoms with E-state index in [-0.39, 0.29) is 39.8 Å². The van der Waals surface area contributed by atoms with Gasteiger partial charge in [0.2, 0.25) is 11.8 Å². The summed E-state index contributed by atoms with van der Waals surface area (Å²) in [5.41, 5.74) is 4.31. The fourth-order valence-electron chi connectivity index (χ4n) is 5.92. The average molecular weight is 673 g/mol. The van der Waals surface area contributed by atoms with E-state index < -0.39 is 16.0 Å². The Morgan fingerprint density at radius 2 is 1.65 bits per heavy atom. The van der Waals surface area contributed by atoms with Gasteiger partial charge in [0.05, 0.1) is 28.9 Å². The van der Waals surface area contributed by atoms with Gasteiger partial charge in [0, 0.05) is 23.7 Å². The molecule has 1 fully saturated rings. The highest BCUT2D eigenvalue weighted by Gasteiger charge is 2.33. The van der Waals surface area contributed by atoms with E-state index in [0.717, 1.165) is 47.6 Å². The van der Waals surface area contributed by atoms with E-state index in [1.807, 2.05) is 50.2 Å². The van der Waals surface area contributed by atoms with Crippen molar-refractivity contribution in [2.75, 3.05) is 11.3 Å². The van der Waals surface area contributed by atoms with E-state index in [1.54, 1.807) is 6.07 Å². The molecule has 0 bridgehead atoms. The van der Waals surface area contributed by atoms with Crippen molar-refractivity contribution in [1.29, 1.82) is 0 Å². The minimum Gasteiger partial charge on any atom is -0.478 e. The van der Waals surface area contributed by atoms with Crippen molar-refractivity contribution in [3.63, 3.8) is 0 Å². The number of aryl methyl sites for hydroxylation is 2. The Morgan fingerprint density at radius 1 is 0.958 bits per heavy atom. The van der Waals surface area contributed by atoms with Crippen LogP contribution in [0.25, 0.3) is 11.3 Å². The maximum atomic E-state index is 13.4. The summed E-state index contributed by atoms with van der Waals surface area (Å²) in [5, 5.41) is 13.1. The van der Waals surface area contributed by atoms with Crippen LogP contribution in [0.3, 0.4) is 0 Å². The smallest absolute Gasteiger partial charge is 0.335 e. The molecule has 10 nitrogen and oxygen atoms in total. The van der Waals surface area contributed by atoms with Crippen molar-refractivity contribution in [3.05, 3.63) is 101 Å². The minimum absolute atomic E-state index is 0.00239. The third-order valence-electron chi connectivity index (χ3n) is 8.24. The predicted octanol–water partition coefficient (Wildman–Crippen LogP) is 6.78. The molecular formula is C37H44N4O6S. The number of sulfonamides is 1. The lowest BCUT2D eigenvalue weighted by molar-refractivity contribution is -0.0308. The van der Waals surface area contributed by atoms with Gasteiger partial charge in [0.1, 0.15) is 6.61 Å². The fourth-order valence-corrected chi connectivity index (χ4v) is 6.91. The second-order valence-corrected chi connectivity index (χ2v) is 15.3. The molecule has 0 spiro atoms. The Labute approximate surface area is 283 Å². The van der Waals surface area contributed by atoms with E-state index in [1.165, 1.54) is 18.2 Å². The third-order valence-corrected chi connectivity index (χ3v) is 9.57. The first-order chi connectivity index (χ1) is 22.8. The van der Waals surface area contributed by atoms with Gasteiger partial charge >= 0.3 is 5.97 Å². The third kappa shape index (κ3) is 9.40. The molecule has 0 saturated heterocycles. The van der Waals surface area contributed by atoms with Gasteiger partial charge in [-0.15, -0.1) is 0 Å². The Kier molecular flexibility index (Phi) is 10.8. The number of aromatic nitrogens is 2. The second-order valence-electron chi connectivity index (χ2n) is 13.6. The SMILES string of the molecule is Cc1cccc(C)c1-c1cc(OC[C@@H](CC(C)(C)C)NC2CC(OCc3ccccc3)C2)nc(NS(=O)(=O)c2cccc(C(=O)O)c2)n1. The molecule has 0 radical (unpaired) electrons. The van der Waals surface area contributed by atoms with E-state index in [2.05, 4.69) is 52.9 Å². The summed E-state index contributed by atoms with van der Waals surface area (Å²) >= 11 is 0. The standard InChI is InChI=1S/C37H44N4O6S/c1-24-11-9-12-25(2)34(24)32-20-33(40-36(39-32)41-48(44,45)31-16-10-15-27(17-31)35(42)43)47-23-29(21-37(3,4)5)38-28-18-30(19-28)46-22-26-13-7-6-8-14-26/h6-17,20,28-30,38H,18-19,21-23H2,1-5H3,(H,42,43)(H,39,40,41)/t28?,29-,30?/m1/s1. The number of nitrogens with zero attached hydrogens (tertiary/aromatic N) is 2. The van der Waals surface area contributed by atoms with Crippen molar-refractivity contribution < 1.29 is 27.8 Å². The summed E-state index contributed by atoms with van der Waals surface area (Å²) < 4.78 is 41.6. The number of carboxylic acid groups (broad SMARTS) is 1. The van der Waals surface area contributed by atoms with Crippen LogP contribution in [0.1, 0.15) is 67.1 Å². The van der Waals surface area contributed by atoms with Gasteiger partial charge in [-0.25, -0.2) is 22.9 Å². The largest absolute Gasteiger partial charge is 0.478 e. The summed E-state index contributed by atoms with van der Waals surface area (Å²) in [6.07, 6.45) is 2.86. The highest BCUT2D eigenvalue weighted by Crippen LogP contribution is 2.31. The lowest BCUT2D eigenvalue weighted by atomic mass is 9.85. The monoisotopic (exact) mass is 672 g/mol. The number of hydrogen-bond acceptors (Lipinski definition) is 8. The summed E-state index contributed by atoms with van der Waals surface area (Å²) in [5.74, 6) is -1.19. The number of nitrogens with one attached hydrogen (secondary N) is 2. The van der Waals surface area contributed by atoms with E-state index in [0.29, 0.717) is 24.9 Å². The van der Waals surface area contributed by atoms with Gasteiger partial charge in [-0.2, -0.15) is 4.98 Å². The summed E-state index contributed by atoms with van der Waals surface area (Å²) in [4.78, 5) is 20.3. The Morgan fingerprint density at radius 3 is 2.31 bits per heavy atom. The molecular weight excluding hydrogens is 628 g/mol. The quantitative estimate of drug-likeness (QED) is 0.132. The first-order valence-electron chi connectivity index (χ1n) is 16.1. The lowest BCUT2D eigenvalue weighted by Gasteiger charge is -2.39. The van der Waals surface area contributed by atoms with Crippen LogP contribution in [-0.4, -0.2) is 54.3 Å². The van der Waals surface area contributed by atoms with Gasteiger partial charge in [-0.3, -0.25) is 0 Å². The van der Waals surface area contributed by atoms with Gasteiger partial charge in [-0.05, 0) is 73.4 Å². The molecule has 11 heteroatoms. The predicted molar refractivity (Wildman–Crippen MR) is 186 cm³/mol. The van der Waals surface area contributed by atoms with Crippen LogP contribution < -0.4 is 14.8 Å². The molecule has 1 aromatic heterocycles. The zero-order chi connectivity index (χ0) is 34.5. The Hall–Kier alpha value is -4.32.